The molecule has 0 saturated heterocycles. The van der Waals surface area contributed by atoms with E-state index in [0.717, 1.165) is 27.0 Å². The number of halogens is 1. The number of furan rings is 1. The van der Waals surface area contributed by atoms with Gasteiger partial charge in [0.25, 0.3) is 11.1 Å². The van der Waals surface area contributed by atoms with Crippen LogP contribution in [0, 0.1) is 5.82 Å². The molecule has 0 N–H and O–H groups in total. The number of hydrogen-bond acceptors (Lipinski definition) is 6. The Labute approximate surface area is 178 Å². The lowest BCUT2D eigenvalue weighted by molar-refractivity contribution is 0.571. The number of fused-ring (bicyclic) bond motifs is 1. The Kier molecular flexibility index (Phi) is 4.76. The number of thiazole rings is 1. The summed E-state index contributed by atoms with van der Waals surface area (Å²) in [4.78, 5) is 29.4. The van der Waals surface area contributed by atoms with Gasteiger partial charge in [0.1, 0.15) is 27.6 Å². The first-order chi connectivity index (χ1) is 15.1. The first kappa shape index (κ1) is 19.1. The van der Waals surface area contributed by atoms with Crippen LogP contribution < -0.4 is 15.7 Å². The van der Waals surface area contributed by atoms with Crippen LogP contribution in [0.25, 0.3) is 22.4 Å². The lowest BCUT2D eigenvalue weighted by atomic mass is 10.1. The molecular formula is C23H14FN3O3S. The minimum absolute atomic E-state index is 0.210. The van der Waals surface area contributed by atoms with E-state index in [9.17, 15) is 14.0 Å². The lowest BCUT2D eigenvalue weighted by Gasteiger charge is -1.99. The van der Waals surface area contributed by atoms with E-state index < -0.39 is 5.56 Å². The third kappa shape index (κ3) is 3.80. The molecule has 0 atom stereocenters. The molecule has 0 saturated carbocycles. The molecule has 3 aromatic heterocycles. The van der Waals surface area contributed by atoms with Crippen LogP contribution in [0.3, 0.4) is 0 Å². The van der Waals surface area contributed by atoms with E-state index in [2.05, 4.69) is 10.1 Å². The Morgan fingerprint density at radius 1 is 1.00 bits per heavy atom. The average molecular weight is 431 g/mol. The maximum Gasteiger partial charge on any atom is 0.296 e. The molecule has 0 aliphatic heterocycles. The molecule has 0 spiro atoms. The van der Waals surface area contributed by atoms with Gasteiger partial charge in [0.2, 0.25) is 4.96 Å². The van der Waals surface area contributed by atoms with Gasteiger partial charge in [-0.05, 0) is 42.0 Å². The number of hydrogen-bond donors (Lipinski definition) is 0. The minimum atomic E-state index is -0.451. The van der Waals surface area contributed by atoms with E-state index in [4.69, 9.17) is 4.42 Å². The third-order valence-corrected chi connectivity index (χ3v) is 5.65. The molecule has 3 heterocycles. The van der Waals surface area contributed by atoms with Gasteiger partial charge < -0.3 is 4.42 Å². The quantitative estimate of drug-likeness (QED) is 0.437. The average Bonchev–Trinajstić information content (AvgIpc) is 3.35. The van der Waals surface area contributed by atoms with Crippen LogP contribution >= 0.6 is 11.3 Å². The third-order valence-electron chi connectivity index (χ3n) is 4.69. The van der Waals surface area contributed by atoms with Crippen molar-refractivity contribution in [2.24, 2.45) is 0 Å². The summed E-state index contributed by atoms with van der Waals surface area (Å²) >= 11 is 1.07. The minimum Gasteiger partial charge on any atom is -0.457 e. The summed E-state index contributed by atoms with van der Waals surface area (Å²) in [6.45, 7) is 0. The zero-order valence-electron chi connectivity index (χ0n) is 16.0. The van der Waals surface area contributed by atoms with Crippen molar-refractivity contribution in [2.45, 2.75) is 6.42 Å². The van der Waals surface area contributed by atoms with Gasteiger partial charge in [0, 0.05) is 18.1 Å². The fraction of sp³-hybridized carbons (Fsp3) is 0.0435. The summed E-state index contributed by atoms with van der Waals surface area (Å²) in [5.41, 5.74) is 1.02. The van der Waals surface area contributed by atoms with E-state index in [1.54, 1.807) is 30.3 Å². The molecule has 0 aliphatic rings. The number of aromatic nitrogens is 3. The second-order valence-electron chi connectivity index (χ2n) is 6.85. The highest BCUT2D eigenvalue weighted by Gasteiger charge is 2.12. The highest BCUT2D eigenvalue weighted by Crippen LogP contribution is 2.22. The Morgan fingerprint density at radius 3 is 2.55 bits per heavy atom. The van der Waals surface area contributed by atoms with Gasteiger partial charge >= 0.3 is 0 Å². The van der Waals surface area contributed by atoms with Gasteiger partial charge in [-0.2, -0.15) is 14.6 Å². The first-order valence-corrected chi connectivity index (χ1v) is 10.2. The van der Waals surface area contributed by atoms with Crippen LogP contribution in [0.1, 0.15) is 17.0 Å². The van der Waals surface area contributed by atoms with Crippen molar-refractivity contribution in [2.75, 3.05) is 0 Å². The molecule has 0 unspecified atom stereocenters. The van der Waals surface area contributed by atoms with Crippen molar-refractivity contribution in [1.29, 1.82) is 0 Å². The zero-order valence-corrected chi connectivity index (χ0v) is 16.8. The lowest BCUT2D eigenvalue weighted by Crippen LogP contribution is -2.28. The maximum atomic E-state index is 13.1. The molecule has 0 amide bonds. The summed E-state index contributed by atoms with van der Waals surface area (Å²) < 4.78 is 20.4. The van der Waals surface area contributed by atoms with E-state index in [0.29, 0.717) is 22.5 Å². The summed E-state index contributed by atoms with van der Waals surface area (Å²) in [6.07, 6.45) is 1.88. The maximum absolute atomic E-state index is 13.1. The molecule has 0 fully saturated rings. The highest BCUT2D eigenvalue weighted by molar-refractivity contribution is 7.15. The first-order valence-electron chi connectivity index (χ1n) is 9.41. The Bertz CT molecular complexity index is 1550. The molecule has 31 heavy (non-hydrogen) atoms. The molecule has 6 nitrogen and oxygen atoms in total. The van der Waals surface area contributed by atoms with Gasteiger partial charge in [-0.15, -0.1) is 0 Å². The number of nitrogens with zero attached hydrogens (tertiary/aromatic N) is 3. The Balaban J connectivity index is 1.53. The van der Waals surface area contributed by atoms with Crippen LogP contribution in [-0.4, -0.2) is 14.6 Å². The molecule has 0 radical (unpaired) electrons. The van der Waals surface area contributed by atoms with Crippen molar-refractivity contribution in [1.82, 2.24) is 14.6 Å². The molecule has 0 bridgehead atoms. The van der Waals surface area contributed by atoms with E-state index in [1.807, 2.05) is 30.3 Å². The van der Waals surface area contributed by atoms with Gasteiger partial charge in [0.05, 0.1) is 0 Å². The van der Waals surface area contributed by atoms with Gasteiger partial charge in [-0.3, -0.25) is 9.59 Å². The normalized spacial score (nSPS) is 12.0. The highest BCUT2D eigenvalue weighted by atomic mass is 32.1. The SMILES string of the molecule is O=c1nc2s/c(=C\c3ccc(-c4ccc(F)cc4)o3)c(=O)n2nc1Cc1ccccc1. The predicted octanol–water partition coefficient (Wildman–Crippen LogP) is 3.05. The second kappa shape index (κ2) is 7.73. The predicted molar refractivity (Wildman–Crippen MR) is 116 cm³/mol. The molecular weight excluding hydrogens is 417 g/mol. The van der Waals surface area contributed by atoms with Crippen molar-refractivity contribution in [3.63, 3.8) is 0 Å². The summed E-state index contributed by atoms with van der Waals surface area (Å²) in [6, 6.07) is 18.8. The fourth-order valence-corrected chi connectivity index (χ4v) is 4.05. The monoisotopic (exact) mass is 431 g/mol. The Hall–Kier alpha value is -3.91. The standard InChI is InChI=1S/C23H14FN3O3S/c24-16-8-6-15(7-9-16)19-11-10-17(30-19)13-20-22(29)27-23(31-20)25-21(28)18(26-27)12-14-4-2-1-3-5-14/h1-11,13H,12H2/b20-13-. The van der Waals surface area contributed by atoms with Gasteiger partial charge in [0.15, 0.2) is 0 Å². The molecule has 2 aromatic carbocycles. The summed E-state index contributed by atoms with van der Waals surface area (Å²) in [5.74, 6) is 0.677. The van der Waals surface area contributed by atoms with Crippen molar-refractivity contribution in [3.8, 4) is 11.3 Å². The van der Waals surface area contributed by atoms with Crippen molar-refractivity contribution < 1.29 is 8.81 Å². The van der Waals surface area contributed by atoms with E-state index in [1.165, 1.54) is 12.1 Å². The van der Waals surface area contributed by atoms with Crippen molar-refractivity contribution >= 4 is 22.4 Å². The molecule has 5 aromatic rings. The molecule has 0 aliphatic carbocycles. The molecule has 8 heteroatoms. The summed E-state index contributed by atoms with van der Waals surface area (Å²) in [5, 5.41) is 4.25. The van der Waals surface area contributed by atoms with Gasteiger partial charge in [-0.1, -0.05) is 41.7 Å². The van der Waals surface area contributed by atoms with Crippen LogP contribution in [0.15, 0.2) is 80.7 Å². The van der Waals surface area contributed by atoms with Crippen LogP contribution in [0.2, 0.25) is 0 Å². The topological polar surface area (TPSA) is 77.5 Å². The van der Waals surface area contributed by atoms with E-state index >= 15 is 0 Å². The Morgan fingerprint density at radius 2 is 1.77 bits per heavy atom. The van der Waals surface area contributed by atoms with Crippen LogP contribution in [-0.2, 0) is 6.42 Å². The van der Waals surface area contributed by atoms with Gasteiger partial charge in [-0.25, -0.2) is 4.39 Å². The largest absolute Gasteiger partial charge is 0.457 e. The molecule has 5 rings (SSSR count). The van der Waals surface area contributed by atoms with Crippen molar-refractivity contribution in [3.05, 3.63) is 115 Å². The smallest absolute Gasteiger partial charge is 0.296 e. The second-order valence-corrected chi connectivity index (χ2v) is 7.85. The summed E-state index contributed by atoms with van der Waals surface area (Å²) in [7, 11) is 0. The van der Waals surface area contributed by atoms with Crippen LogP contribution in [0.5, 0.6) is 0 Å². The fourth-order valence-electron chi connectivity index (χ4n) is 3.17. The number of rotatable bonds is 4. The number of benzene rings is 2. The zero-order chi connectivity index (χ0) is 21.4. The van der Waals surface area contributed by atoms with E-state index in [-0.39, 0.29) is 22.0 Å². The van der Waals surface area contributed by atoms with Crippen LogP contribution in [0.4, 0.5) is 4.39 Å². The molecule has 152 valence electrons.